The summed E-state index contributed by atoms with van der Waals surface area (Å²) in [5.74, 6) is 1.41. The summed E-state index contributed by atoms with van der Waals surface area (Å²) >= 11 is 11.8. The number of halogens is 2. The van der Waals surface area contributed by atoms with Gasteiger partial charge in [-0.3, -0.25) is 0 Å². The minimum absolute atomic E-state index is 0.307. The number of benzene rings is 3. The molecule has 0 spiro atoms. The molecule has 0 aliphatic heterocycles. The SMILES string of the molecule is Nc1cc(-c2nnc(-c3ccc(Cl)cc3)o2)ccc1-c1nnc(-c2ccc(Cl)cc2)o1. The standard InChI is InChI=1S/C22H13Cl2N5O2/c23-15-6-1-12(2-7-15)19-26-28-21(30-19)14-5-10-17(18(25)11-14)22-29-27-20(31-22)13-3-8-16(24)9-4-13/h1-11H,25H2. The number of rotatable bonds is 4. The highest BCUT2D eigenvalue weighted by Gasteiger charge is 2.16. The fourth-order valence-corrected chi connectivity index (χ4v) is 3.23. The Labute approximate surface area is 186 Å². The first-order chi connectivity index (χ1) is 15.1. The molecule has 3 aromatic carbocycles. The average Bonchev–Trinajstić information content (AvgIpc) is 3.45. The second-order valence-electron chi connectivity index (χ2n) is 6.64. The molecule has 0 bridgehead atoms. The van der Waals surface area contributed by atoms with Crippen molar-refractivity contribution in [3.05, 3.63) is 76.8 Å². The molecule has 0 aliphatic rings. The number of hydrogen-bond acceptors (Lipinski definition) is 7. The summed E-state index contributed by atoms with van der Waals surface area (Å²) in [5.41, 5.74) is 9.50. The maximum atomic E-state index is 6.24. The number of nitrogens with two attached hydrogens (primary N) is 1. The topological polar surface area (TPSA) is 104 Å². The van der Waals surface area contributed by atoms with E-state index >= 15 is 0 Å². The largest absolute Gasteiger partial charge is 0.416 e. The predicted octanol–water partition coefficient (Wildman–Crippen LogP) is 6.01. The van der Waals surface area contributed by atoms with Gasteiger partial charge in [0, 0.05) is 32.4 Å². The molecule has 2 aromatic heterocycles. The molecule has 0 radical (unpaired) electrons. The maximum Gasteiger partial charge on any atom is 0.250 e. The minimum atomic E-state index is 0.307. The van der Waals surface area contributed by atoms with Crippen molar-refractivity contribution in [1.29, 1.82) is 0 Å². The van der Waals surface area contributed by atoms with Crippen LogP contribution in [0.15, 0.2) is 75.6 Å². The molecule has 0 aliphatic carbocycles. The molecule has 0 atom stereocenters. The van der Waals surface area contributed by atoms with Crippen molar-refractivity contribution in [2.45, 2.75) is 0 Å². The number of aromatic nitrogens is 4. The Morgan fingerprint density at radius 1 is 0.548 bits per heavy atom. The third kappa shape index (κ3) is 3.88. The molecule has 0 saturated heterocycles. The van der Waals surface area contributed by atoms with Gasteiger partial charge in [0.2, 0.25) is 23.6 Å². The van der Waals surface area contributed by atoms with Crippen LogP contribution in [0.2, 0.25) is 10.0 Å². The quantitative estimate of drug-likeness (QED) is 0.335. The van der Waals surface area contributed by atoms with Crippen LogP contribution in [0.4, 0.5) is 5.69 Å². The summed E-state index contributed by atoms with van der Waals surface area (Å²) in [7, 11) is 0. The molecule has 0 amide bonds. The van der Waals surface area contributed by atoms with Crippen molar-refractivity contribution >= 4 is 28.9 Å². The van der Waals surface area contributed by atoms with E-state index < -0.39 is 0 Å². The number of nitrogen functional groups attached to an aromatic ring is 1. The highest BCUT2D eigenvalue weighted by Crippen LogP contribution is 2.32. The molecule has 5 rings (SSSR count). The minimum Gasteiger partial charge on any atom is -0.416 e. The second-order valence-corrected chi connectivity index (χ2v) is 7.51. The highest BCUT2D eigenvalue weighted by atomic mass is 35.5. The van der Waals surface area contributed by atoms with E-state index in [1.54, 1.807) is 54.6 Å². The van der Waals surface area contributed by atoms with Crippen molar-refractivity contribution in [3.63, 3.8) is 0 Å². The van der Waals surface area contributed by atoms with Crippen LogP contribution >= 0.6 is 23.2 Å². The summed E-state index contributed by atoms with van der Waals surface area (Å²) in [6.45, 7) is 0. The van der Waals surface area contributed by atoms with E-state index in [1.165, 1.54) is 0 Å². The summed E-state index contributed by atoms with van der Waals surface area (Å²) in [6, 6.07) is 19.6. The molecular formula is C22H13Cl2N5O2. The van der Waals surface area contributed by atoms with E-state index in [0.717, 1.165) is 11.1 Å². The van der Waals surface area contributed by atoms with E-state index in [2.05, 4.69) is 20.4 Å². The molecule has 0 saturated carbocycles. The third-order valence-electron chi connectivity index (χ3n) is 4.56. The summed E-state index contributed by atoms with van der Waals surface area (Å²) in [6.07, 6.45) is 0. The zero-order valence-electron chi connectivity index (χ0n) is 15.8. The monoisotopic (exact) mass is 449 g/mol. The van der Waals surface area contributed by atoms with E-state index in [0.29, 0.717) is 50.4 Å². The van der Waals surface area contributed by atoms with Crippen molar-refractivity contribution in [3.8, 4) is 45.8 Å². The Hall–Kier alpha value is -3.68. The van der Waals surface area contributed by atoms with Gasteiger partial charge in [-0.25, -0.2) is 0 Å². The van der Waals surface area contributed by atoms with E-state index in [9.17, 15) is 0 Å². The van der Waals surface area contributed by atoms with Gasteiger partial charge in [-0.15, -0.1) is 20.4 Å². The molecule has 2 heterocycles. The van der Waals surface area contributed by atoms with Crippen LogP contribution < -0.4 is 5.73 Å². The maximum absolute atomic E-state index is 6.24. The Bertz CT molecular complexity index is 1360. The predicted molar refractivity (Wildman–Crippen MR) is 118 cm³/mol. The van der Waals surface area contributed by atoms with E-state index in [-0.39, 0.29) is 0 Å². The molecule has 0 unspecified atom stereocenters. The van der Waals surface area contributed by atoms with Gasteiger partial charge >= 0.3 is 0 Å². The Kier molecular flexibility index (Phi) is 4.89. The average molecular weight is 450 g/mol. The van der Waals surface area contributed by atoms with Gasteiger partial charge in [-0.2, -0.15) is 0 Å². The van der Waals surface area contributed by atoms with Gasteiger partial charge in [0.25, 0.3) is 0 Å². The lowest BCUT2D eigenvalue weighted by Crippen LogP contribution is -1.91. The lowest BCUT2D eigenvalue weighted by Gasteiger charge is -2.03. The normalized spacial score (nSPS) is 11.0. The van der Waals surface area contributed by atoms with Crippen molar-refractivity contribution in [2.75, 3.05) is 5.73 Å². The lowest BCUT2D eigenvalue weighted by atomic mass is 10.1. The first kappa shape index (κ1) is 19.3. The van der Waals surface area contributed by atoms with Crippen LogP contribution in [-0.2, 0) is 0 Å². The zero-order chi connectivity index (χ0) is 21.4. The Balaban J connectivity index is 1.42. The molecule has 9 heteroatoms. The highest BCUT2D eigenvalue weighted by molar-refractivity contribution is 6.30. The Morgan fingerprint density at radius 3 is 1.48 bits per heavy atom. The molecule has 2 N–H and O–H groups in total. The van der Waals surface area contributed by atoms with Gasteiger partial charge in [-0.05, 0) is 66.7 Å². The lowest BCUT2D eigenvalue weighted by molar-refractivity contribution is 0.583. The number of nitrogens with zero attached hydrogens (tertiary/aromatic N) is 4. The Morgan fingerprint density at radius 2 is 0.968 bits per heavy atom. The number of hydrogen-bond donors (Lipinski definition) is 1. The first-order valence-electron chi connectivity index (χ1n) is 9.16. The number of anilines is 1. The van der Waals surface area contributed by atoms with Gasteiger partial charge in [-0.1, -0.05) is 23.2 Å². The van der Waals surface area contributed by atoms with Crippen molar-refractivity contribution in [2.24, 2.45) is 0 Å². The zero-order valence-corrected chi connectivity index (χ0v) is 17.3. The van der Waals surface area contributed by atoms with Crippen molar-refractivity contribution < 1.29 is 8.83 Å². The first-order valence-corrected chi connectivity index (χ1v) is 9.91. The van der Waals surface area contributed by atoms with E-state index in [1.807, 2.05) is 12.1 Å². The fraction of sp³-hybridized carbons (Fsp3) is 0. The van der Waals surface area contributed by atoms with E-state index in [4.69, 9.17) is 37.8 Å². The summed E-state index contributed by atoms with van der Waals surface area (Å²) in [4.78, 5) is 0. The summed E-state index contributed by atoms with van der Waals surface area (Å²) in [5, 5.41) is 17.7. The van der Waals surface area contributed by atoms with Crippen LogP contribution in [0, 0.1) is 0 Å². The molecule has 0 fully saturated rings. The molecule has 7 nitrogen and oxygen atoms in total. The smallest absolute Gasteiger partial charge is 0.250 e. The van der Waals surface area contributed by atoms with Gasteiger partial charge in [0.1, 0.15) is 0 Å². The molecule has 31 heavy (non-hydrogen) atoms. The fourth-order valence-electron chi connectivity index (χ4n) is 2.98. The van der Waals surface area contributed by atoms with Gasteiger partial charge in [0.05, 0.1) is 5.56 Å². The molecular weight excluding hydrogens is 437 g/mol. The van der Waals surface area contributed by atoms with Crippen molar-refractivity contribution in [1.82, 2.24) is 20.4 Å². The summed E-state index contributed by atoms with van der Waals surface area (Å²) < 4.78 is 11.6. The van der Waals surface area contributed by atoms with Crippen LogP contribution in [0.5, 0.6) is 0 Å². The third-order valence-corrected chi connectivity index (χ3v) is 5.07. The van der Waals surface area contributed by atoms with Crippen LogP contribution in [-0.4, -0.2) is 20.4 Å². The van der Waals surface area contributed by atoms with Crippen LogP contribution in [0.1, 0.15) is 0 Å². The van der Waals surface area contributed by atoms with Gasteiger partial charge in [0.15, 0.2) is 0 Å². The second kappa shape index (κ2) is 7.86. The van der Waals surface area contributed by atoms with Crippen LogP contribution in [0.3, 0.4) is 0 Å². The van der Waals surface area contributed by atoms with Gasteiger partial charge < -0.3 is 14.6 Å². The van der Waals surface area contributed by atoms with Crippen LogP contribution in [0.25, 0.3) is 45.8 Å². The molecule has 152 valence electrons. The molecule has 5 aromatic rings.